The van der Waals surface area contributed by atoms with Gasteiger partial charge >= 0.3 is 0 Å². The summed E-state index contributed by atoms with van der Waals surface area (Å²) in [5.74, 6) is 0.0669. The quantitative estimate of drug-likeness (QED) is 0.304. The fraction of sp³-hybridized carbons (Fsp3) is 0.200. The van der Waals surface area contributed by atoms with Gasteiger partial charge in [0.25, 0.3) is 11.7 Å². The summed E-state index contributed by atoms with van der Waals surface area (Å²) in [6, 6.07) is 16.9. The molecule has 1 amide bonds. The second-order valence-corrected chi connectivity index (χ2v) is 8.21. The third-order valence-corrected chi connectivity index (χ3v) is 6.30. The normalized spacial score (nSPS) is 17.3. The summed E-state index contributed by atoms with van der Waals surface area (Å²) in [5.41, 5.74) is 0.394. The zero-order chi connectivity index (χ0) is 23.4. The maximum atomic E-state index is 13.0. The number of ketones is 1. The highest BCUT2D eigenvalue weighted by Crippen LogP contribution is 2.42. The van der Waals surface area contributed by atoms with Crippen LogP contribution in [0.2, 0.25) is 0 Å². The largest absolute Gasteiger partial charge is 0.507 e. The first-order chi connectivity index (χ1) is 16.0. The lowest BCUT2D eigenvalue weighted by Gasteiger charge is -2.24. The number of carbonyl (C=O) groups excluding carboxylic acids is 2. The monoisotopic (exact) mass is 465 g/mol. The number of carbonyl (C=O) groups is 2. The van der Waals surface area contributed by atoms with E-state index in [0.717, 1.165) is 4.88 Å². The molecule has 0 spiro atoms. The maximum Gasteiger partial charge on any atom is 0.295 e. The van der Waals surface area contributed by atoms with Gasteiger partial charge in [0.15, 0.2) is 0 Å². The standard InChI is InChI=1S/C25H23NO6S/c1-30-16-9-11-17(12-10-16)32-14-13-26-22(20-8-5-15-33-20)21(24(28)25(26)29)23(27)18-6-3-4-7-19(18)31-2/h3-12,15,22,27H,13-14H2,1-2H3/b23-21-. The molecule has 1 unspecified atom stereocenters. The number of aliphatic hydroxyl groups excluding tert-OH is 1. The lowest BCUT2D eigenvalue weighted by atomic mass is 9.99. The van der Waals surface area contributed by atoms with Crippen molar-refractivity contribution in [3.05, 3.63) is 82.1 Å². The van der Waals surface area contributed by atoms with Crippen molar-refractivity contribution in [2.75, 3.05) is 27.4 Å². The summed E-state index contributed by atoms with van der Waals surface area (Å²) in [6.07, 6.45) is 0. The highest BCUT2D eigenvalue weighted by atomic mass is 32.1. The van der Waals surface area contributed by atoms with E-state index in [9.17, 15) is 14.7 Å². The molecule has 8 heteroatoms. The maximum absolute atomic E-state index is 13.0. The van der Waals surface area contributed by atoms with Gasteiger partial charge in [0.05, 0.1) is 37.9 Å². The predicted molar refractivity (Wildman–Crippen MR) is 125 cm³/mol. The summed E-state index contributed by atoms with van der Waals surface area (Å²) < 4.78 is 16.3. The van der Waals surface area contributed by atoms with Gasteiger partial charge in [-0.1, -0.05) is 18.2 Å². The van der Waals surface area contributed by atoms with Crippen LogP contribution >= 0.6 is 11.3 Å². The van der Waals surface area contributed by atoms with Gasteiger partial charge in [-0.3, -0.25) is 9.59 Å². The molecular weight excluding hydrogens is 442 g/mol. The van der Waals surface area contributed by atoms with Crippen molar-refractivity contribution in [1.29, 1.82) is 0 Å². The topological polar surface area (TPSA) is 85.3 Å². The molecule has 4 rings (SSSR count). The number of hydrogen-bond donors (Lipinski definition) is 1. The van der Waals surface area contributed by atoms with Crippen LogP contribution in [-0.4, -0.2) is 49.1 Å². The summed E-state index contributed by atoms with van der Waals surface area (Å²) in [7, 11) is 3.07. The van der Waals surface area contributed by atoms with Gasteiger partial charge in [0.2, 0.25) is 0 Å². The molecule has 2 heterocycles. The molecule has 7 nitrogen and oxygen atoms in total. The minimum absolute atomic E-state index is 0.0383. The van der Waals surface area contributed by atoms with Gasteiger partial charge < -0.3 is 24.2 Å². The van der Waals surface area contributed by atoms with Crippen molar-refractivity contribution in [2.24, 2.45) is 0 Å². The summed E-state index contributed by atoms with van der Waals surface area (Å²) in [4.78, 5) is 28.2. The minimum Gasteiger partial charge on any atom is -0.507 e. The Bertz CT molecular complexity index is 1170. The van der Waals surface area contributed by atoms with Gasteiger partial charge in [0, 0.05) is 4.88 Å². The number of amides is 1. The molecule has 170 valence electrons. The number of para-hydroxylation sites is 1. The second-order valence-electron chi connectivity index (χ2n) is 7.23. The lowest BCUT2D eigenvalue weighted by molar-refractivity contribution is -0.140. The van der Waals surface area contributed by atoms with Crippen LogP contribution in [0, 0.1) is 0 Å². The van der Waals surface area contributed by atoms with Crippen LogP contribution < -0.4 is 14.2 Å². The number of aliphatic hydroxyl groups is 1. The van der Waals surface area contributed by atoms with E-state index in [2.05, 4.69) is 0 Å². The van der Waals surface area contributed by atoms with Gasteiger partial charge in [-0.15, -0.1) is 11.3 Å². The molecule has 2 aromatic carbocycles. The van der Waals surface area contributed by atoms with E-state index in [1.807, 2.05) is 17.5 Å². The number of ether oxygens (including phenoxy) is 3. The van der Waals surface area contributed by atoms with Crippen LogP contribution in [0.25, 0.3) is 5.76 Å². The molecule has 1 aliphatic heterocycles. The van der Waals surface area contributed by atoms with Crippen LogP contribution in [-0.2, 0) is 9.59 Å². The van der Waals surface area contributed by atoms with Gasteiger partial charge in [-0.25, -0.2) is 0 Å². The Morgan fingerprint density at radius 3 is 2.36 bits per heavy atom. The number of hydrogen-bond acceptors (Lipinski definition) is 7. The Balaban J connectivity index is 1.64. The summed E-state index contributed by atoms with van der Waals surface area (Å²) >= 11 is 1.41. The zero-order valence-electron chi connectivity index (χ0n) is 18.2. The first-order valence-corrected chi connectivity index (χ1v) is 11.1. The molecule has 3 aromatic rings. The fourth-order valence-electron chi connectivity index (χ4n) is 3.77. The van der Waals surface area contributed by atoms with Crippen molar-refractivity contribution < 1.29 is 28.9 Å². The van der Waals surface area contributed by atoms with Crippen molar-refractivity contribution >= 4 is 28.8 Å². The van der Waals surface area contributed by atoms with Crippen LogP contribution in [0.15, 0.2) is 71.6 Å². The molecule has 1 aromatic heterocycles. The number of likely N-dealkylation sites (tertiary alicyclic amines) is 1. The third kappa shape index (κ3) is 4.42. The average molecular weight is 466 g/mol. The van der Waals surface area contributed by atoms with E-state index in [4.69, 9.17) is 14.2 Å². The molecular formula is C25H23NO6S. The molecule has 0 bridgehead atoms. The number of nitrogens with zero attached hydrogens (tertiary/aromatic N) is 1. The molecule has 1 fully saturated rings. The van der Waals surface area contributed by atoms with E-state index in [1.165, 1.54) is 23.3 Å². The number of benzene rings is 2. The fourth-order valence-corrected chi connectivity index (χ4v) is 4.62. The smallest absolute Gasteiger partial charge is 0.295 e. The van der Waals surface area contributed by atoms with Crippen molar-refractivity contribution in [1.82, 2.24) is 4.90 Å². The van der Waals surface area contributed by atoms with Gasteiger partial charge in [-0.05, 0) is 47.8 Å². The van der Waals surface area contributed by atoms with Gasteiger partial charge in [0.1, 0.15) is 29.6 Å². The van der Waals surface area contributed by atoms with Crippen LogP contribution in [0.5, 0.6) is 17.2 Å². The Morgan fingerprint density at radius 2 is 1.70 bits per heavy atom. The molecule has 1 N–H and O–H groups in total. The van der Waals surface area contributed by atoms with E-state index < -0.39 is 17.7 Å². The molecule has 1 atom stereocenters. The highest BCUT2D eigenvalue weighted by molar-refractivity contribution is 7.10. The zero-order valence-corrected chi connectivity index (χ0v) is 19.0. The number of Topliss-reactive ketones (excluding diaryl/α,β-unsaturated/α-hetero) is 1. The number of rotatable bonds is 8. The predicted octanol–water partition coefficient (Wildman–Crippen LogP) is 4.27. The molecule has 1 aliphatic rings. The number of methoxy groups -OCH3 is 2. The summed E-state index contributed by atoms with van der Waals surface area (Å²) in [5, 5.41) is 13.0. The molecule has 1 saturated heterocycles. The minimum atomic E-state index is -0.735. The SMILES string of the molecule is COc1ccc(OCCN2C(=O)C(=O)/C(=C(\O)c3ccccc3OC)C2c2cccs2)cc1. The summed E-state index contributed by atoms with van der Waals surface area (Å²) in [6.45, 7) is 0.345. The lowest BCUT2D eigenvalue weighted by Crippen LogP contribution is -2.33. The third-order valence-electron chi connectivity index (χ3n) is 5.38. The van der Waals surface area contributed by atoms with Crippen molar-refractivity contribution in [3.63, 3.8) is 0 Å². The average Bonchev–Trinajstić information content (AvgIpc) is 3.46. The molecule has 0 aliphatic carbocycles. The first-order valence-electron chi connectivity index (χ1n) is 10.3. The van der Waals surface area contributed by atoms with Crippen LogP contribution in [0.4, 0.5) is 0 Å². The van der Waals surface area contributed by atoms with Gasteiger partial charge in [-0.2, -0.15) is 0 Å². The Hall–Kier alpha value is -3.78. The first kappa shape index (κ1) is 22.4. The number of thiophene rings is 1. The van der Waals surface area contributed by atoms with E-state index in [-0.39, 0.29) is 24.5 Å². The van der Waals surface area contributed by atoms with E-state index in [0.29, 0.717) is 22.8 Å². The Morgan fingerprint density at radius 1 is 0.970 bits per heavy atom. The molecule has 33 heavy (non-hydrogen) atoms. The van der Waals surface area contributed by atoms with E-state index >= 15 is 0 Å². The Labute approximate surface area is 195 Å². The highest BCUT2D eigenvalue weighted by Gasteiger charge is 2.46. The van der Waals surface area contributed by atoms with Crippen molar-refractivity contribution in [2.45, 2.75) is 6.04 Å². The second kappa shape index (κ2) is 9.79. The van der Waals surface area contributed by atoms with Crippen LogP contribution in [0.3, 0.4) is 0 Å². The van der Waals surface area contributed by atoms with Crippen LogP contribution in [0.1, 0.15) is 16.5 Å². The molecule has 0 saturated carbocycles. The Kier molecular flexibility index (Phi) is 6.65. The molecule has 0 radical (unpaired) electrons. The van der Waals surface area contributed by atoms with Crippen molar-refractivity contribution in [3.8, 4) is 17.2 Å². The van der Waals surface area contributed by atoms with E-state index in [1.54, 1.807) is 55.6 Å².